The van der Waals surface area contributed by atoms with Gasteiger partial charge in [0.1, 0.15) is 11.5 Å². The van der Waals surface area contributed by atoms with E-state index in [0.717, 1.165) is 53.9 Å². The van der Waals surface area contributed by atoms with Gasteiger partial charge in [0.05, 0.1) is 59.7 Å². The van der Waals surface area contributed by atoms with Crippen LogP contribution in [0.15, 0.2) is 66.7 Å². The van der Waals surface area contributed by atoms with Crippen LogP contribution < -0.4 is 24.5 Å². The predicted molar refractivity (Wildman–Crippen MR) is 203 cm³/mol. The van der Waals surface area contributed by atoms with E-state index in [9.17, 15) is 14.7 Å². The Hall–Kier alpha value is -4.19. The molecule has 0 unspecified atom stereocenters. The largest absolute Gasteiger partial charge is 0.497 e. The van der Waals surface area contributed by atoms with Gasteiger partial charge in [0.25, 0.3) is 5.91 Å². The van der Waals surface area contributed by atoms with Gasteiger partial charge in [0.2, 0.25) is 11.8 Å². The highest BCUT2D eigenvalue weighted by Crippen LogP contribution is 2.60. The average Bonchev–Trinajstić information content (AvgIpc) is 3.82. The average molecular weight is 726 g/mol. The molecule has 3 saturated heterocycles. The van der Waals surface area contributed by atoms with Crippen LogP contribution >= 0.6 is 0 Å². The summed E-state index contributed by atoms with van der Waals surface area (Å²) in [4.78, 5) is 47.6. The van der Waals surface area contributed by atoms with Crippen molar-refractivity contribution >= 4 is 42.4 Å². The summed E-state index contributed by atoms with van der Waals surface area (Å²) in [6, 6.07) is 21.6. The van der Waals surface area contributed by atoms with Crippen molar-refractivity contribution in [3.63, 3.8) is 0 Å². The SMILES string of the molecule is COc1ccc([Si](C)(C)[C@@H]2[C@@H](CC(=O)N3CCC[C@H]3CO)O[C@]3(C(=O)N(Cc4cccc(N5CCCCC5=O)c4)c4ccc(OC)cc43)[C@H]2C)cc1. The Kier molecular flexibility index (Phi) is 9.96. The Balaban J connectivity index is 1.29. The Morgan fingerprint density at radius 3 is 2.42 bits per heavy atom. The van der Waals surface area contributed by atoms with Gasteiger partial charge in [-0.1, -0.05) is 49.5 Å². The van der Waals surface area contributed by atoms with Crippen LogP contribution in [-0.2, 0) is 31.3 Å². The molecule has 0 radical (unpaired) electrons. The first kappa shape index (κ1) is 36.2. The van der Waals surface area contributed by atoms with Gasteiger partial charge in [-0.2, -0.15) is 0 Å². The maximum atomic E-state index is 15.3. The first-order chi connectivity index (χ1) is 25.0. The van der Waals surface area contributed by atoms with E-state index in [2.05, 4.69) is 32.2 Å². The fraction of sp³-hybridized carbons (Fsp3) is 0.488. The quantitative estimate of drug-likeness (QED) is 0.281. The number of anilines is 2. The van der Waals surface area contributed by atoms with Gasteiger partial charge in [0, 0.05) is 36.7 Å². The molecule has 11 heteroatoms. The van der Waals surface area contributed by atoms with E-state index in [4.69, 9.17) is 14.2 Å². The van der Waals surface area contributed by atoms with Crippen LogP contribution in [-0.4, -0.2) is 81.9 Å². The molecule has 276 valence electrons. The lowest BCUT2D eigenvalue weighted by molar-refractivity contribution is -0.150. The monoisotopic (exact) mass is 725 g/mol. The van der Waals surface area contributed by atoms with Crippen molar-refractivity contribution in [2.75, 3.05) is 43.7 Å². The minimum atomic E-state index is -2.48. The molecule has 0 saturated carbocycles. The van der Waals surface area contributed by atoms with E-state index in [-0.39, 0.29) is 48.3 Å². The van der Waals surface area contributed by atoms with Crippen LogP contribution in [0.2, 0.25) is 18.6 Å². The number of aliphatic hydroxyl groups is 1. The molecule has 3 aromatic carbocycles. The van der Waals surface area contributed by atoms with Crippen molar-refractivity contribution in [3.8, 4) is 11.5 Å². The van der Waals surface area contributed by atoms with Gasteiger partial charge in [-0.05, 0) is 79.3 Å². The van der Waals surface area contributed by atoms with Crippen molar-refractivity contribution < 1.29 is 33.7 Å². The smallest absolute Gasteiger partial charge is 0.264 e. The Bertz CT molecular complexity index is 1830. The zero-order valence-corrected chi connectivity index (χ0v) is 32.0. The van der Waals surface area contributed by atoms with E-state index in [1.807, 2.05) is 64.4 Å². The third-order valence-electron chi connectivity index (χ3n) is 12.2. The second-order valence-electron chi connectivity index (χ2n) is 15.4. The summed E-state index contributed by atoms with van der Waals surface area (Å²) >= 11 is 0. The van der Waals surface area contributed by atoms with Gasteiger partial charge < -0.3 is 34.0 Å². The predicted octanol–water partition coefficient (Wildman–Crippen LogP) is 5.36. The Morgan fingerprint density at radius 1 is 0.962 bits per heavy atom. The van der Waals surface area contributed by atoms with E-state index in [0.29, 0.717) is 31.8 Å². The molecular weight excluding hydrogens is 675 g/mol. The summed E-state index contributed by atoms with van der Waals surface area (Å²) in [5.74, 6) is 1.03. The van der Waals surface area contributed by atoms with Crippen LogP contribution in [0.5, 0.6) is 11.5 Å². The second kappa shape index (κ2) is 14.3. The number of nitrogens with zero attached hydrogens (tertiary/aromatic N) is 3. The highest BCUT2D eigenvalue weighted by Gasteiger charge is 2.66. The van der Waals surface area contributed by atoms with E-state index in [1.165, 1.54) is 5.19 Å². The molecule has 52 heavy (non-hydrogen) atoms. The summed E-state index contributed by atoms with van der Waals surface area (Å²) < 4.78 is 18.4. The van der Waals surface area contributed by atoms with Crippen LogP contribution in [0.4, 0.5) is 11.4 Å². The number of hydrogen-bond donors (Lipinski definition) is 1. The van der Waals surface area contributed by atoms with Crippen LogP contribution in [0.25, 0.3) is 0 Å². The molecule has 3 fully saturated rings. The number of methoxy groups -OCH3 is 2. The Morgan fingerprint density at radius 2 is 1.71 bits per heavy atom. The lowest BCUT2D eigenvalue weighted by atomic mass is 9.82. The lowest BCUT2D eigenvalue weighted by Crippen LogP contribution is -2.52. The number of carbonyl (C=O) groups excluding carboxylic acids is 3. The fourth-order valence-electron chi connectivity index (χ4n) is 9.50. The summed E-state index contributed by atoms with van der Waals surface area (Å²) in [6.45, 7) is 8.25. The maximum Gasteiger partial charge on any atom is 0.264 e. The van der Waals surface area contributed by atoms with Crippen molar-refractivity contribution in [2.24, 2.45) is 5.92 Å². The molecule has 3 amide bonds. The number of fused-ring (bicyclic) bond motifs is 2. The molecule has 0 aromatic heterocycles. The molecule has 4 heterocycles. The number of rotatable bonds is 10. The number of aliphatic hydroxyl groups excluding tert-OH is 1. The van der Waals surface area contributed by atoms with E-state index < -0.39 is 19.8 Å². The van der Waals surface area contributed by atoms with Crippen molar-refractivity contribution in [1.82, 2.24) is 4.90 Å². The molecule has 4 aliphatic heterocycles. The molecule has 7 rings (SSSR count). The molecule has 5 atom stereocenters. The number of benzene rings is 3. The second-order valence-corrected chi connectivity index (χ2v) is 20.1. The number of hydrogen-bond acceptors (Lipinski definition) is 7. The van der Waals surface area contributed by atoms with E-state index in [1.54, 1.807) is 19.1 Å². The van der Waals surface area contributed by atoms with Gasteiger partial charge in [-0.3, -0.25) is 14.4 Å². The van der Waals surface area contributed by atoms with Gasteiger partial charge in [-0.15, -0.1) is 0 Å². The lowest BCUT2D eigenvalue weighted by Gasteiger charge is -2.37. The number of amides is 3. The minimum absolute atomic E-state index is 0.0485. The van der Waals surface area contributed by atoms with Crippen molar-refractivity contribution in [2.45, 2.75) is 88.4 Å². The number of carbonyl (C=O) groups is 3. The van der Waals surface area contributed by atoms with Crippen LogP contribution in [0.3, 0.4) is 0 Å². The van der Waals surface area contributed by atoms with Crippen LogP contribution in [0.1, 0.15) is 56.6 Å². The third-order valence-corrected chi connectivity index (χ3v) is 16.6. The summed E-state index contributed by atoms with van der Waals surface area (Å²) in [5, 5.41) is 11.3. The molecule has 3 aromatic rings. The van der Waals surface area contributed by atoms with Crippen molar-refractivity contribution in [3.05, 3.63) is 77.9 Å². The molecule has 4 aliphatic rings. The fourth-order valence-corrected chi connectivity index (χ4v) is 13.5. The van der Waals surface area contributed by atoms with Crippen LogP contribution in [0, 0.1) is 5.92 Å². The van der Waals surface area contributed by atoms with Gasteiger partial charge in [-0.25, -0.2) is 0 Å². The van der Waals surface area contributed by atoms with Gasteiger partial charge in [0.15, 0.2) is 5.60 Å². The molecule has 0 bridgehead atoms. The number of likely N-dealkylation sites (tertiary alicyclic amines) is 1. The molecule has 1 N–H and O–H groups in total. The molecular formula is C41H51N3O7Si. The van der Waals surface area contributed by atoms with Gasteiger partial charge >= 0.3 is 0 Å². The minimum Gasteiger partial charge on any atom is -0.497 e. The summed E-state index contributed by atoms with van der Waals surface area (Å²) in [6.07, 6.45) is 3.63. The normalized spacial score (nSPS) is 26.0. The zero-order chi connectivity index (χ0) is 36.8. The molecule has 0 aliphatic carbocycles. The first-order valence-corrected chi connectivity index (χ1v) is 21.7. The maximum absolute atomic E-state index is 15.3. The van der Waals surface area contributed by atoms with Crippen molar-refractivity contribution in [1.29, 1.82) is 0 Å². The topological polar surface area (TPSA) is 109 Å². The Labute approximate surface area is 307 Å². The molecule has 1 spiro atoms. The number of ether oxygens (including phenoxy) is 3. The molecule has 10 nitrogen and oxygen atoms in total. The van der Waals surface area contributed by atoms with E-state index >= 15 is 4.79 Å². The highest BCUT2D eigenvalue weighted by molar-refractivity contribution is 6.91. The third kappa shape index (κ3) is 6.10. The summed E-state index contributed by atoms with van der Waals surface area (Å²) in [5.41, 5.74) is 1.80. The zero-order valence-electron chi connectivity index (χ0n) is 31.0. The highest BCUT2D eigenvalue weighted by atomic mass is 28.3. The standard InChI is InChI=1S/C41H51N3O7Si/c1-27-39(52(4,5)33-17-14-31(49-2)15-18-33)36(24-38(47)43-21-9-12-30(43)26-45)51-41(27)34-23-32(50-3)16-19-35(34)44(40(41)48)25-28-10-8-11-29(22-28)42-20-7-6-13-37(42)46/h8,10-11,14-19,22-23,27,30,36,39,45H,6-7,9,12-13,20-21,24-26H2,1-5H3/t27-,30-,36+,39-,41+/m0/s1. The summed E-state index contributed by atoms with van der Waals surface area (Å²) in [7, 11) is 0.795. The number of piperidine rings is 1. The first-order valence-electron chi connectivity index (χ1n) is 18.7.